The molecule has 8 nitrogen and oxygen atoms in total. The van der Waals surface area contributed by atoms with E-state index in [2.05, 4.69) is 118 Å². The van der Waals surface area contributed by atoms with Crippen LogP contribution >= 0.6 is 0 Å². The Kier molecular flexibility index (Phi) is 17.9. The van der Waals surface area contributed by atoms with E-state index in [1.54, 1.807) is 0 Å². The summed E-state index contributed by atoms with van der Waals surface area (Å²) in [5.74, 6) is 0. The van der Waals surface area contributed by atoms with Crippen LogP contribution in [-0.2, 0) is 0 Å². The van der Waals surface area contributed by atoms with E-state index in [1.807, 2.05) is 24.9 Å². The van der Waals surface area contributed by atoms with E-state index >= 15 is 0 Å². The van der Waals surface area contributed by atoms with Crippen molar-refractivity contribution in [1.29, 1.82) is 0 Å². The van der Waals surface area contributed by atoms with E-state index in [0.717, 1.165) is 78.5 Å². The standard InChI is InChI=1S/C40H48N8Te2/c1-5-13-37-33(9-1)29-45-25-21-41-17-18-42-23-27-47-31-35-11-3-7-15-39(35)50-40-16-8-4-12-36(40)32-48-28-24-44-20-19-43-22-26-46-30-34-10-2-6-14-38(34)49-37/h1-16,29-32,41-44H,17-28H2. The Balaban J connectivity index is 1.18. The Morgan fingerprint density at radius 2 is 0.560 bits per heavy atom. The molecule has 0 spiro atoms. The predicted molar refractivity (Wildman–Crippen MR) is 217 cm³/mol. The first-order valence-corrected chi connectivity index (χ1v) is 22.1. The molecule has 0 saturated carbocycles. The van der Waals surface area contributed by atoms with Gasteiger partial charge < -0.3 is 0 Å². The number of hydrogen-bond acceptors (Lipinski definition) is 8. The van der Waals surface area contributed by atoms with E-state index in [-0.39, 0.29) is 0 Å². The van der Waals surface area contributed by atoms with Gasteiger partial charge in [-0.05, 0) is 0 Å². The Labute approximate surface area is 318 Å². The topological polar surface area (TPSA) is 97.6 Å². The molecule has 0 unspecified atom stereocenters. The normalized spacial score (nSPS) is 16.6. The molecule has 0 aliphatic carbocycles. The zero-order chi connectivity index (χ0) is 34.3. The van der Waals surface area contributed by atoms with Crippen LogP contribution in [-0.4, -0.2) is 145 Å². The van der Waals surface area contributed by atoms with Crippen LogP contribution in [0.5, 0.6) is 0 Å². The van der Waals surface area contributed by atoms with Gasteiger partial charge in [-0.15, -0.1) is 0 Å². The molecule has 10 heteroatoms. The molecule has 0 amide bonds. The van der Waals surface area contributed by atoms with Crippen LogP contribution < -0.4 is 35.7 Å². The molecule has 0 fully saturated rings. The summed E-state index contributed by atoms with van der Waals surface area (Å²) in [4.78, 5) is 19.0. The third-order valence-corrected chi connectivity index (χ3v) is 14.4. The minimum absolute atomic E-state index is 0.593. The maximum atomic E-state index is 4.75. The van der Waals surface area contributed by atoms with Crippen molar-refractivity contribution in [2.75, 3.05) is 78.5 Å². The van der Waals surface area contributed by atoms with Crippen molar-refractivity contribution >= 4 is 81.2 Å². The maximum absolute atomic E-state index is 4.75. The predicted octanol–water partition coefficient (Wildman–Crippen LogP) is 0.744. The molecule has 1 aliphatic heterocycles. The number of nitrogens with zero attached hydrogens (tertiary/aromatic N) is 4. The van der Waals surface area contributed by atoms with Crippen molar-refractivity contribution < 1.29 is 0 Å². The summed E-state index contributed by atoms with van der Waals surface area (Å²) in [5, 5.41) is 14.0. The van der Waals surface area contributed by atoms with Gasteiger partial charge in [0.25, 0.3) is 0 Å². The van der Waals surface area contributed by atoms with Crippen molar-refractivity contribution in [1.82, 2.24) is 21.3 Å². The fourth-order valence-electron chi connectivity index (χ4n) is 5.04. The van der Waals surface area contributed by atoms with Gasteiger partial charge in [0.1, 0.15) is 0 Å². The van der Waals surface area contributed by atoms with Crippen molar-refractivity contribution in [3.8, 4) is 0 Å². The molecule has 4 N–H and O–H groups in total. The van der Waals surface area contributed by atoms with E-state index in [9.17, 15) is 0 Å². The molecule has 0 saturated heterocycles. The van der Waals surface area contributed by atoms with E-state index in [0.29, 0.717) is 0 Å². The number of aliphatic imine (C=N–C) groups is 4. The zero-order valence-electron chi connectivity index (χ0n) is 28.6. The second-order valence-electron chi connectivity index (χ2n) is 11.5. The van der Waals surface area contributed by atoms with E-state index in [4.69, 9.17) is 20.0 Å². The van der Waals surface area contributed by atoms with Gasteiger partial charge in [-0.1, -0.05) is 0 Å². The molecule has 1 aliphatic rings. The van der Waals surface area contributed by atoms with Gasteiger partial charge in [0.2, 0.25) is 0 Å². The van der Waals surface area contributed by atoms with Gasteiger partial charge in [-0.25, -0.2) is 0 Å². The molecule has 4 aromatic rings. The molecule has 0 radical (unpaired) electrons. The second kappa shape index (κ2) is 23.5. The molecular formula is C40H48N8Te2. The van der Waals surface area contributed by atoms with Crippen LogP contribution in [0.2, 0.25) is 0 Å². The van der Waals surface area contributed by atoms with Gasteiger partial charge in [-0.3, -0.25) is 0 Å². The van der Waals surface area contributed by atoms with Crippen LogP contribution in [0.3, 0.4) is 0 Å². The average Bonchev–Trinajstić information content (AvgIpc) is 3.14. The third kappa shape index (κ3) is 13.9. The first-order chi connectivity index (χ1) is 24.9. The number of benzene rings is 4. The van der Waals surface area contributed by atoms with Gasteiger partial charge >= 0.3 is 320 Å². The van der Waals surface area contributed by atoms with E-state index in [1.165, 1.54) is 36.7 Å². The Hall–Kier alpha value is -3.02. The second-order valence-corrected chi connectivity index (χ2v) is 17.7. The van der Waals surface area contributed by atoms with Gasteiger partial charge in [0, 0.05) is 0 Å². The van der Waals surface area contributed by atoms with Crippen molar-refractivity contribution in [3.63, 3.8) is 0 Å². The van der Waals surface area contributed by atoms with Gasteiger partial charge in [-0.2, -0.15) is 0 Å². The first-order valence-electron chi connectivity index (χ1n) is 17.4. The van der Waals surface area contributed by atoms with Crippen LogP contribution in [0.15, 0.2) is 117 Å². The quantitative estimate of drug-likeness (QED) is 0.196. The Morgan fingerprint density at radius 3 is 0.820 bits per heavy atom. The fourth-order valence-corrected chi connectivity index (χ4v) is 10.8. The van der Waals surface area contributed by atoms with Crippen LogP contribution in [0.1, 0.15) is 22.3 Å². The molecule has 0 aromatic heterocycles. The molecule has 0 atom stereocenters. The molecule has 0 bridgehead atoms. The molecule has 4 aromatic carbocycles. The van der Waals surface area contributed by atoms with Crippen molar-refractivity contribution in [2.45, 2.75) is 0 Å². The van der Waals surface area contributed by atoms with E-state index < -0.39 is 41.8 Å². The zero-order valence-corrected chi connectivity index (χ0v) is 33.3. The van der Waals surface area contributed by atoms with Gasteiger partial charge in [0.15, 0.2) is 0 Å². The summed E-state index contributed by atoms with van der Waals surface area (Å²) in [6, 6.07) is 34.7. The number of rotatable bonds is 0. The van der Waals surface area contributed by atoms with Crippen LogP contribution in [0, 0.1) is 0 Å². The summed E-state index contributed by atoms with van der Waals surface area (Å²) in [6.45, 7) is 10.1. The molecule has 1 heterocycles. The SMILES string of the molecule is C1=NCCNCCNCCN=Cc2ccccc2[Te]c2ccccc2C=NCCNCCNCCN=Cc2ccccc2[Te]c2ccccc21. The van der Waals surface area contributed by atoms with Crippen LogP contribution in [0.25, 0.3) is 0 Å². The summed E-state index contributed by atoms with van der Waals surface area (Å²) in [7, 11) is 0. The number of hydrogen-bond donors (Lipinski definition) is 4. The van der Waals surface area contributed by atoms with Gasteiger partial charge in [0.05, 0.1) is 0 Å². The fraction of sp³-hybridized carbons (Fsp3) is 0.300. The van der Waals surface area contributed by atoms with Crippen molar-refractivity contribution in [2.24, 2.45) is 20.0 Å². The third-order valence-electron chi connectivity index (χ3n) is 7.67. The monoisotopic (exact) mass is 900 g/mol. The summed E-state index contributed by atoms with van der Waals surface area (Å²) in [6.07, 6.45) is 8.20. The minimum atomic E-state index is -0.593. The molecule has 50 heavy (non-hydrogen) atoms. The molecule has 5 rings (SSSR count). The summed E-state index contributed by atoms with van der Waals surface area (Å²) < 4.78 is 5.59. The Bertz CT molecular complexity index is 1460. The number of fused-ring (bicyclic) bond motifs is 4. The number of nitrogens with one attached hydrogen (secondary N) is 4. The van der Waals surface area contributed by atoms with Crippen molar-refractivity contribution in [3.05, 3.63) is 119 Å². The molecular weight excluding hydrogens is 848 g/mol. The Morgan fingerprint density at radius 1 is 0.320 bits per heavy atom. The molecule has 260 valence electrons. The summed E-state index contributed by atoms with van der Waals surface area (Å²) in [5.41, 5.74) is 4.89. The summed E-state index contributed by atoms with van der Waals surface area (Å²) >= 11 is -1.19. The first kappa shape index (κ1) is 38.2. The van der Waals surface area contributed by atoms with Crippen LogP contribution in [0.4, 0.5) is 0 Å². The average molecular weight is 896 g/mol.